The van der Waals surface area contributed by atoms with Crippen molar-refractivity contribution in [2.24, 2.45) is 0 Å². The molecule has 0 aliphatic carbocycles. The molecule has 0 spiro atoms. The van der Waals surface area contributed by atoms with Gasteiger partial charge in [-0.15, -0.1) is 0 Å². The highest BCUT2D eigenvalue weighted by atomic mass is 16.5. The number of carbonyl (C=O) groups excluding carboxylic acids is 1. The minimum Gasteiger partial charge on any atom is -0.497 e. The van der Waals surface area contributed by atoms with Gasteiger partial charge in [0.2, 0.25) is 0 Å². The molecule has 3 nitrogen and oxygen atoms in total. The molecule has 4 aromatic rings. The summed E-state index contributed by atoms with van der Waals surface area (Å²) in [5.74, 6) is 0.921. The highest BCUT2D eigenvalue weighted by Gasteiger charge is 2.17. The first kappa shape index (κ1) is 18.8. The number of hydrogen-bond acceptors (Lipinski definition) is 3. The standard InChI is InChI=1S/C26H23NO2/c1-29-24-15-13-23(14-16-24)27-25(20-8-3-2-4-9-20)18-26(28)22-12-11-19-7-5-6-10-21(19)17-22/h2-17,25,27H,18H2,1H3. The number of rotatable bonds is 7. The summed E-state index contributed by atoms with van der Waals surface area (Å²) in [6, 6.07) is 31.7. The molecule has 0 saturated carbocycles. The predicted octanol–water partition coefficient (Wildman–Crippen LogP) is 6.27. The second-order valence-corrected chi connectivity index (χ2v) is 7.03. The summed E-state index contributed by atoms with van der Waals surface area (Å²) >= 11 is 0. The number of benzene rings is 4. The van der Waals surface area contributed by atoms with Gasteiger partial charge in [-0.2, -0.15) is 0 Å². The van der Waals surface area contributed by atoms with Crippen molar-refractivity contribution in [3.05, 3.63) is 108 Å². The van der Waals surface area contributed by atoms with E-state index in [0.29, 0.717) is 6.42 Å². The topological polar surface area (TPSA) is 38.3 Å². The maximum atomic E-state index is 13.1. The van der Waals surface area contributed by atoms with Crippen LogP contribution in [-0.4, -0.2) is 12.9 Å². The number of nitrogens with one attached hydrogen (secondary N) is 1. The maximum absolute atomic E-state index is 13.1. The monoisotopic (exact) mass is 381 g/mol. The molecular weight excluding hydrogens is 358 g/mol. The second-order valence-electron chi connectivity index (χ2n) is 7.03. The van der Waals surface area contributed by atoms with Gasteiger partial charge in [-0.25, -0.2) is 0 Å². The van der Waals surface area contributed by atoms with Crippen molar-refractivity contribution in [1.29, 1.82) is 0 Å². The van der Waals surface area contributed by atoms with Gasteiger partial charge in [0.05, 0.1) is 13.2 Å². The largest absolute Gasteiger partial charge is 0.497 e. The average Bonchev–Trinajstić information content (AvgIpc) is 2.79. The molecule has 0 saturated heterocycles. The number of hydrogen-bond donors (Lipinski definition) is 1. The van der Waals surface area contributed by atoms with Gasteiger partial charge < -0.3 is 10.1 Å². The minimum atomic E-state index is -0.122. The normalized spacial score (nSPS) is 11.8. The van der Waals surface area contributed by atoms with E-state index in [1.165, 1.54) is 0 Å². The fraction of sp³-hybridized carbons (Fsp3) is 0.115. The van der Waals surface area contributed by atoms with Crippen LogP contribution in [0.15, 0.2) is 97.1 Å². The summed E-state index contributed by atoms with van der Waals surface area (Å²) in [6.07, 6.45) is 0.369. The first-order chi connectivity index (χ1) is 14.2. The smallest absolute Gasteiger partial charge is 0.165 e. The van der Waals surface area contributed by atoms with Gasteiger partial charge in [-0.1, -0.05) is 66.7 Å². The molecule has 4 rings (SSSR count). The summed E-state index contributed by atoms with van der Waals surface area (Å²) < 4.78 is 5.23. The van der Waals surface area contributed by atoms with Gasteiger partial charge in [-0.05, 0) is 46.7 Å². The molecule has 3 heteroatoms. The molecule has 0 aliphatic rings. The van der Waals surface area contributed by atoms with Crippen LogP contribution in [0, 0.1) is 0 Å². The van der Waals surface area contributed by atoms with Crippen molar-refractivity contribution in [1.82, 2.24) is 0 Å². The van der Waals surface area contributed by atoms with Crippen LogP contribution in [0.1, 0.15) is 28.4 Å². The molecule has 0 heterocycles. The zero-order chi connectivity index (χ0) is 20.1. The number of Topliss-reactive ketones (excluding diaryl/α,β-unsaturated/α-hetero) is 1. The predicted molar refractivity (Wildman–Crippen MR) is 119 cm³/mol. The van der Waals surface area contributed by atoms with E-state index in [1.807, 2.05) is 78.9 Å². The zero-order valence-corrected chi connectivity index (χ0v) is 16.3. The van der Waals surface area contributed by atoms with Gasteiger partial charge in [0.15, 0.2) is 5.78 Å². The van der Waals surface area contributed by atoms with Crippen molar-refractivity contribution in [3.8, 4) is 5.75 Å². The molecule has 0 aromatic heterocycles. The van der Waals surface area contributed by atoms with E-state index in [1.54, 1.807) is 7.11 Å². The summed E-state index contributed by atoms with van der Waals surface area (Å²) in [4.78, 5) is 13.1. The molecule has 0 amide bonds. The van der Waals surface area contributed by atoms with Gasteiger partial charge in [0.1, 0.15) is 5.75 Å². The summed E-state index contributed by atoms with van der Waals surface area (Å²) in [6.45, 7) is 0. The number of anilines is 1. The van der Waals surface area contributed by atoms with Gasteiger partial charge >= 0.3 is 0 Å². The lowest BCUT2D eigenvalue weighted by Crippen LogP contribution is -2.15. The lowest BCUT2D eigenvalue weighted by Gasteiger charge is -2.20. The summed E-state index contributed by atoms with van der Waals surface area (Å²) in [5.41, 5.74) is 2.77. The van der Waals surface area contributed by atoms with E-state index in [-0.39, 0.29) is 11.8 Å². The lowest BCUT2D eigenvalue weighted by molar-refractivity contribution is 0.0976. The Morgan fingerprint density at radius 1 is 0.828 bits per heavy atom. The zero-order valence-electron chi connectivity index (χ0n) is 16.3. The maximum Gasteiger partial charge on any atom is 0.165 e. The third kappa shape index (κ3) is 4.46. The fourth-order valence-electron chi connectivity index (χ4n) is 3.49. The van der Waals surface area contributed by atoms with E-state index < -0.39 is 0 Å². The lowest BCUT2D eigenvalue weighted by atomic mass is 9.96. The Labute approximate surface area is 171 Å². The third-order valence-electron chi connectivity index (χ3n) is 5.09. The number of ether oxygens (including phenoxy) is 1. The van der Waals surface area contributed by atoms with Gasteiger partial charge in [0, 0.05) is 17.7 Å². The molecule has 1 atom stereocenters. The molecule has 1 unspecified atom stereocenters. The average molecular weight is 381 g/mol. The first-order valence-electron chi connectivity index (χ1n) is 9.70. The van der Waals surface area contributed by atoms with E-state index in [9.17, 15) is 4.79 Å². The molecule has 29 heavy (non-hydrogen) atoms. The Hall–Kier alpha value is -3.59. The Morgan fingerprint density at radius 2 is 1.52 bits per heavy atom. The van der Waals surface area contributed by atoms with E-state index >= 15 is 0 Å². The Balaban J connectivity index is 1.59. The summed E-state index contributed by atoms with van der Waals surface area (Å²) in [7, 11) is 1.65. The van der Waals surface area contributed by atoms with Crippen LogP contribution >= 0.6 is 0 Å². The molecule has 1 N–H and O–H groups in total. The number of fused-ring (bicyclic) bond motifs is 1. The van der Waals surface area contributed by atoms with Crippen LogP contribution < -0.4 is 10.1 Å². The van der Waals surface area contributed by atoms with Crippen LogP contribution in [0.4, 0.5) is 5.69 Å². The van der Waals surface area contributed by atoms with Crippen molar-refractivity contribution in [2.75, 3.05) is 12.4 Å². The van der Waals surface area contributed by atoms with Gasteiger partial charge in [0.25, 0.3) is 0 Å². The molecule has 0 aliphatic heterocycles. The quantitative estimate of drug-likeness (QED) is 0.383. The van der Waals surface area contributed by atoms with Crippen molar-refractivity contribution in [3.63, 3.8) is 0 Å². The Morgan fingerprint density at radius 3 is 2.24 bits per heavy atom. The first-order valence-corrected chi connectivity index (χ1v) is 9.70. The molecule has 144 valence electrons. The Kier molecular flexibility index (Phi) is 5.57. The van der Waals surface area contributed by atoms with Crippen LogP contribution in [0.5, 0.6) is 5.75 Å². The van der Waals surface area contributed by atoms with E-state index in [0.717, 1.165) is 33.3 Å². The number of carbonyl (C=O) groups is 1. The second kappa shape index (κ2) is 8.61. The van der Waals surface area contributed by atoms with Crippen molar-refractivity contribution >= 4 is 22.2 Å². The molecular formula is C26H23NO2. The highest BCUT2D eigenvalue weighted by molar-refractivity contribution is 6.00. The molecule has 0 fully saturated rings. The number of ketones is 1. The molecule has 4 aromatic carbocycles. The number of methoxy groups -OCH3 is 1. The van der Waals surface area contributed by atoms with E-state index in [4.69, 9.17) is 4.74 Å². The third-order valence-corrected chi connectivity index (χ3v) is 5.09. The Bertz CT molecular complexity index is 1100. The van der Waals surface area contributed by atoms with Gasteiger partial charge in [-0.3, -0.25) is 4.79 Å². The van der Waals surface area contributed by atoms with Crippen molar-refractivity contribution < 1.29 is 9.53 Å². The molecule has 0 radical (unpaired) electrons. The SMILES string of the molecule is COc1ccc(NC(CC(=O)c2ccc3ccccc3c2)c2ccccc2)cc1. The van der Waals surface area contributed by atoms with Crippen LogP contribution in [0.25, 0.3) is 10.8 Å². The highest BCUT2D eigenvalue weighted by Crippen LogP contribution is 2.26. The van der Waals surface area contributed by atoms with Crippen LogP contribution in [0.3, 0.4) is 0 Å². The fourth-order valence-corrected chi connectivity index (χ4v) is 3.49. The summed E-state index contributed by atoms with van der Waals surface area (Å²) in [5, 5.41) is 5.73. The van der Waals surface area contributed by atoms with Crippen LogP contribution in [-0.2, 0) is 0 Å². The van der Waals surface area contributed by atoms with Crippen molar-refractivity contribution in [2.45, 2.75) is 12.5 Å². The van der Waals surface area contributed by atoms with E-state index in [2.05, 4.69) is 23.5 Å². The minimum absolute atomic E-state index is 0.116. The molecule has 0 bridgehead atoms. The van der Waals surface area contributed by atoms with Crippen LogP contribution in [0.2, 0.25) is 0 Å².